The van der Waals surface area contributed by atoms with Crippen LogP contribution < -0.4 is 14.8 Å². The second-order valence-corrected chi connectivity index (χ2v) is 6.04. The number of rotatable bonds is 5. The fourth-order valence-electron chi connectivity index (χ4n) is 2.88. The molecule has 0 aliphatic rings. The minimum atomic E-state index is 0.541. The molecule has 2 aromatic heterocycles. The van der Waals surface area contributed by atoms with E-state index in [-0.39, 0.29) is 0 Å². The summed E-state index contributed by atoms with van der Waals surface area (Å²) in [5.41, 5.74) is 2.54. The molecule has 0 amide bonds. The molecule has 2 heterocycles. The number of benzene rings is 2. The molecule has 27 heavy (non-hydrogen) atoms. The van der Waals surface area contributed by atoms with Crippen LogP contribution in [0.3, 0.4) is 0 Å². The smallest absolute Gasteiger partial charge is 0.166 e. The summed E-state index contributed by atoms with van der Waals surface area (Å²) in [6, 6.07) is 15.3. The molecule has 0 bridgehead atoms. The Morgan fingerprint density at radius 2 is 1.81 bits per heavy atom. The first kappa shape index (κ1) is 16.8. The second kappa shape index (κ2) is 6.95. The summed E-state index contributed by atoms with van der Waals surface area (Å²) in [6.45, 7) is 1.95. The van der Waals surface area contributed by atoms with Crippen molar-refractivity contribution in [2.24, 2.45) is 0 Å². The molecule has 4 aromatic rings. The lowest BCUT2D eigenvalue weighted by Crippen LogP contribution is -2.01. The van der Waals surface area contributed by atoms with E-state index in [1.54, 1.807) is 14.2 Å². The largest absolute Gasteiger partial charge is 0.497 e. The van der Waals surface area contributed by atoms with Gasteiger partial charge in [-0.05, 0) is 37.3 Å². The van der Waals surface area contributed by atoms with Crippen LogP contribution in [0.25, 0.3) is 22.3 Å². The molecule has 4 rings (SSSR count). The Hall–Kier alpha value is -3.61. The first-order chi connectivity index (χ1) is 13.2. The van der Waals surface area contributed by atoms with Crippen LogP contribution in [0.15, 0.2) is 48.5 Å². The fourth-order valence-corrected chi connectivity index (χ4v) is 2.88. The number of aromatic amines is 1. The highest BCUT2D eigenvalue weighted by molar-refractivity contribution is 5.92. The topological polar surface area (TPSA) is 85.0 Å². The van der Waals surface area contributed by atoms with E-state index in [4.69, 9.17) is 19.4 Å². The summed E-state index contributed by atoms with van der Waals surface area (Å²) in [7, 11) is 3.25. The number of anilines is 2. The number of para-hydroxylation sites is 1. The molecule has 0 saturated heterocycles. The molecule has 136 valence electrons. The maximum absolute atomic E-state index is 5.50. The molecular weight excluding hydrogens is 342 g/mol. The van der Waals surface area contributed by atoms with Gasteiger partial charge in [0.25, 0.3) is 0 Å². The number of aryl methyl sites for hydroxylation is 1. The third-order valence-corrected chi connectivity index (χ3v) is 4.20. The van der Waals surface area contributed by atoms with Crippen molar-refractivity contribution >= 4 is 22.5 Å². The Balaban J connectivity index is 1.89. The quantitative estimate of drug-likeness (QED) is 0.557. The average Bonchev–Trinajstić information content (AvgIpc) is 3.12. The van der Waals surface area contributed by atoms with Crippen molar-refractivity contribution < 1.29 is 9.47 Å². The monoisotopic (exact) mass is 361 g/mol. The van der Waals surface area contributed by atoms with E-state index in [0.717, 1.165) is 22.2 Å². The highest BCUT2D eigenvalue weighted by Gasteiger charge is 2.15. The number of hydrogen-bond donors (Lipinski definition) is 2. The van der Waals surface area contributed by atoms with Gasteiger partial charge in [-0.2, -0.15) is 5.10 Å². The maximum atomic E-state index is 5.50. The fraction of sp³-hybridized carbons (Fsp3) is 0.150. The summed E-state index contributed by atoms with van der Waals surface area (Å²) in [6.07, 6.45) is 0. The lowest BCUT2D eigenvalue weighted by atomic mass is 10.1. The molecule has 2 N–H and O–H groups in total. The molecule has 2 aromatic carbocycles. The van der Waals surface area contributed by atoms with Gasteiger partial charge < -0.3 is 14.8 Å². The molecule has 0 spiro atoms. The Kier molecular flexibility index (Phi) is 4.33. The summed E-state index contributed by atoms with van der Waals surface area (Å²) in [5, 5.41) is 11.3. The summed E-state index contributed by atoms with van der Waals surface area (Å²) in [5.74, 6) is 3.29. The molecule has 0 radical (unpaired) electrons. The first-order valence-corrected chi connectivity index (χ1v) is 8.46. The number of ether oxygens (including phenoxy) is 2. The van der Waals surface area contributed by atoms with Crippen LogP contribution in [-0.2, 0) is 0 Å². The molecule has 7 heteroatoms. The predicted molar refractivity (Wildman–Crippen MR) is 105 cm³/mol. The summed E-state index contributed by atoms with van der Waals surface area (Å²) < 4.78 is 10.9. The zero-order chi connectivity index (χ0) is 18.8. The molecule has 0 unspecified atom stereocenters. The molecule has 0 aliphatic carbocycles. The summed E-state index contributed by atoms with van der Waals surface area (Å²) >= 11 is 0. The minimum absolute atomic E-state index is 0.541. The van der Waals surface area contributed by atoms with Crippen LogP contribution >= 0.6 is 0 Å². The van der Waals surface area contributed by atoms with Gasteiger partial charge in [-0.25, -0.2) is 9.97 Å². The zero-order valence-corrected chi connectivity index (χ0v) is 15.3. The van der Waals surface area contributed by atoms with Crippen LogP contribution in [-0.4, -0.2) is 34.4 Å². The van der Waals surface area contributed by atoms with Crippen LogP contribution in [0, 0.1) is 6.92 Å². The van der Waals surface area contributed by atoms with Crippen molar-refractivity contribution in [3.63, 3.8) is 0 Å². The van der Waals surface area contributed by atoms with Gasteiger partial charge in [-0.15, -0.1) is 0 Å². The SMILES string of the molecule is COc1ccc(OC)c(-c2nc(Nc3cc(C)[nH]n3)c3ccccc3n2)c1. The van der Waals surface area contributed by atoms with E-state index in [1.807, 2.05) is 55.5 Å². The van der Waals surface area contributed by atoms with Gasteiger partial charge in [-0.1, -0.05) is 12.1 Å². The van der Waals surface area contributed by atoms with Crippen LogP contribution in [0.1, 0.15) is 5.69 Å². The van der Waals surface area contributed by atoms with E-state index in [0.29, 0.717) is 29.0 Å². The molecule has 0 fully saturated rings. The highest BCUT2D eigenvalue weighted by atomic mass is 16.5. The highest BCUT2D eigenvalue weighted by Crippen LogP contribution is 2.34. The third kappa shape index (κ3) is 3.27. The van der Waals surface area contributed by atoms with Crippen LogP contribution in [0.2, 0.25) is 0 Å². The van der Waals surface area contributed by atoms with E-state index in [2.05, 4.69) is 15.5 Å². The Bertz CT molecular complexity index is 1110. The van der Waals surface area contributed by atoms with E-state index < -0.39 is 0 Å². The predicted octanol–water partition coefficient (Wildman–Crippen LogP) is 4.09. The Morgan fingerprint density at radius 1 is 0.963 bits per heavy atom. The van der Waals surface area contributed by atoms with Crippen molar-refractivity contribution in [3.05, 3.63) is 54.2 Å². The average molecular weight is 361 g/mol. The molecule has 7 nitrogen and oxygen atoms in total. The van der Waals surface area contributed by atoms with E-state index >= 15 is 0 Å². The molecule has 0 saturated carbocycles. The lowest BCUT2D eigenvalue weighted by Gasteiger charge is -2.12. The molecular formula is C20H19N5O2. The number of aromatic nitrogens is 4. The maximum Gasteiger partial charge on any atom is 0.166 e. The van der Waals surface area contributed by atoms with Crippen molar-refractivity contribution in [2.75, 3.05) is 19.5 Å². The van der Waals surface area contributed by atoms with Crippen molar-refractivity contribution in [1.29, 1.82) is 0 Å². The number of methoxy groups -OCH3 is 2. The van der Waals surface area contributed by atoms with Crippen molar-refractivity contribution in [1.82, 2.24) is 20.2 Å². The van der Waals surface area contributed by atoms with Crippen molar-refractivity contribution in [3.8, 4) is 22.9 Å². The van der Waals surface area contributed by atoms with Gasteiger partial charge in [0.1, 0.15) is 17.3 Å². The van der Waals surface area contributed by atoms with Gasteiger partial charge in [-0.3, -0.25) is 5.10 Å². The molecule has 0 aliphatic heterocycles. The summed E-state index contributed by atoms with van der Waals surface area (Å²) in [4.78, 5) is 9.47. The van der Waals surface area contributed by atoms with Gasteiger partial charge in [0.05, 0.1) is 25.3 Å². The molecule has 0 atom stereocenters. The number of hydrogen-bond acceptors (Lipinski definition) is 6. The first-order valence-electron chi connectivity index (χ1n) is 8.46. The Morgan fingerprint density at radius 3 is 2.56 bits per heavy atom. The zero-order valence-electron chi connectivity index (χ0n) is 15.3. The number of nitrogens with zero attached hydrogens (tertiary/aromatic N) is 3. The number of H-pyrrole nitrogens is 1. The van der Waals surface area contributed by atoms with Gasteiger partial charge in [0, 0.05) is 17.1 Å². The minimum Gasteiger partial charge on any atom is -0.497 e. The van der Waals surface area contributed by atoms with Crippen LogP contribution in [0.5, 0.6) is 11.5 Å². The van der Waals surface area contributed by atoms with E-state index in [1.165, 1.54) is 0 Å². The number of nitrogens with one attached hydrogen (secondary N) is 2. The lowest BCUT2D eigenvalue weighted by molar-refractivity contribution is 0.404. The standard InChI is InChI=1S/C20H19N5O2/c1-12-10-18(25-24-12)22-19-14-6-4-5-7-16(14)21-20(23-19)15-11-13(26-2)8-9-17(15)27-3/h4-11H,1-3H3,(H2,21,22,23,24,25). The van der Waals surface area contributed by atoms with Crippen molar-refractivity contribution in [2.45, 2.75) is 6.92 Å². The van der Waals surface area contributed by atoms with Crippen LogP contribution in [0.4, 0.5) is 11.6 Å². The van der Waals surface area contributed by atoms with Gasteiger partial charge in [0.15, 0.2) is 11.6 Å². The van der Waals surface area contributed by atoms with Gasteiger partial charge in [0.2, 0.25) is 0 Å². The van der Waals surface area contributed by atoms with Gasteiger partial charge >= 0.3 is 0 Å². The number of fused-ring (bicyclic) bond motifs is 1. The Labute approximate surface area is 156 Å². The third-order valence-electron chi connectivity index (χ3n) is 4.20. The normalized spacial score (nSPS) is 10.8. The second-order valence-electron chi connectivity index (χ2n) is 6.04. The van der Waals surface area contributed by atoms with E-state index in [9.17, 15) is 0 Å².